The van der Waals surface area contributed by atoms with Crippen LogP contribution in [0.1, 0.15) is 16.8 Å². The van der Waals surface area contributed by atoms with Gasteiger partial charge >= 0.3 is 0 Å². The lowest BCUT2D eigenvalue weighted by molar-refractivity contribution is 0.0986. The molecule has 7 nitrogen and oxygen atoms in total. The number of thiazole rings is 1. The van der Waals surface area contributed by atoms with Gasteiger partial charge in [0.15, 0.2) is 5.13 Å². The van der Waals surface area contributed by atoms with Gasteiger partial charge < -0.3 is 14.0 Å². The number of hydrogen-bond donors (Lipinski definition) is 0. The minimum atomic E-state index is -0.113. The molecule has 0 radical (unpaired) electrons. The second kappa shape index (κ2) is 8.96. The van der Waals surface area contributed by atoms with Crippen molar-refractivity contribution in [2.24, 2.45) is 0 Å². The molecule has 2 heterocycles. The number of imidazole rings is 1. The van der Waals surface area contributed by atoms with Gasteiger partial charge in [-0.1, -0.05) is 23.5 Å². The Morgan fingerprint density at radius 2 is 2.03 bits per heavy atom. The molecule has 2 aromatic heterocycles. The van der Waals surface area contributed by atoms with Crippen molar-refractivity contribution >= 4 is 32.6 Å². The van der Waals surface area contributed by atoms with Gasteiger partial charge in [-0.2, -0.15) is 0 Å². The standard InChI is InChI=1S/C22H22N4O3S/c1-28-17-7-3-6-16(14-17)21(27)26(12-5-11-25-13-10-23-15-25)22-24-20-18(29-2)8-4-9-19(20)30-22/h3-4,6-10,13-15H,5,11-12H2,1-2H3. The third kappa shape index (κ3) is 4.13. The summed E-state index contributed by atoms with van der Waals surface area (Å²) >= 11 is 1.48. The van der Waals surface area contributed by atoms with Gasteiger partial charge in [0.25, 0.3) is 5.91 Å². The summed E-state index contributed by atoms with van der Waals surface area (Å²) in [7, 11) is 3.21. The number of benzene rings is 2. The Bertz CT molecular complexity index is 1140. The van der Waals surface area contributed by atoms with E-state index in [1.54, 1.807) is 43.8 Å². The quantitative estimate of drug-likeness (QED) is 0.425. The molecular weight excluding hydrogens is 400 g/mol. The highest BCUT2D eigenvalue weighted by Gasteiger charge is 2.22. The van der Waals surface area contributed by atoms with Gasteiger partial charge in [0.1, 0.15) is 17.0 Å². The Morgan fingerprint density at radius 3 is 2.80 bits per heavy atom. The number of carbonyl (C=O) groups excluding carboxylic acids is 1. The predicted molar refractivity (Wildman–Crippen MR) is 118 cm³/mol. The van der Waals surface area contributed by atoms with Crippen LogP contribution in [0.5, 0.6) is 11.5 Å². The molecule has 0 spiro atoms. The van der Waals surface area contributed by atoms with E-state index < -0.39 is 0 Å². The maximum Gasteiger partial charge on any atom is 0.260 e. The number of aromatic nitrogens is 3. The molecule has 2 aromatic carbocycles. The van der Waals surface area contributed by atoms with Crippen molar-refractivity contribution in [1.82, 2.24) is 14.5 Å². The lowest BCUT2D eigenvalue weighted by Crippen LogP contribution is -2.32. The molecule has 0 aliphatic carbocycles. The summed E-state index contributed by atoms with van der Waals surface area (Å²) < 4.78 is 13.7. The zero-order chi connectivity index (χ0) is 20.9. The van der Waals surface area contributed by atoms with Crippen LogP contribution in [0.15, 0.2) is 61.2 Å². The van der Waals surface area contributed by atoms with E-state index in [4.69, 9.17) is 14.5 Å². The van der Waals surface area contributed by atoms with E-state index in [1.165, 1.54) is 11.3 Å². The number of aryl methyl sites for hydroxylation is 1. The van der Waals surface area contributed by atoms with E-state index >= 15 is 0 Å². The van der Waals surface area contributed by atoms with E-state index in [9.17, 15) is 4.79 Å². The molecule has 0 aliphatic rings. The van der Waals surface area contributed by atoms with Crippen molar-refractivity contribution in [2.75, 3.05) is 25.7 Å². The van der Waals surface area contributed by atoms with Gasteiger partial charge in [0.05, 0.1) is 25.2 Å². The Balaban J connectivity index is 1.66. The summed E-state index contributed by atoms with van der Waals surface area (Å²) in [6.07, 6.45) is 6.20. The number of hydrogen-bond acceptors (Lipinski definition) is 6. The summed E-state index contributed by atoms with van der Waals surface area (Å²) in [5, 5.41) is 0.646. The van der Waals surface area contributed by atoms with Crippen LogP contribution in [-0.4, -0.2) is 41.2 Å². The third-order valence-electron chi connectivity index (χ3n) is 4.74. The van der Waals surface area contributed by atoms with Crippen molar-refractivity contribution in [3.63, 3.8) is 0 Å². The molecule has 0 saturated carbocycles. The number of para-hydroxylation sites is 1. The van der Waals surface area contributed by atoms with Crippen LogP contribution in [0.2, 0.25) is 0 Å². The van der Waals surface area contributed by atoms with Gasteiger partial charge in [-0.25, -0.2) is 9.97 Å². The molecule has 30 heavy (non-hydrogen) atoms. The Labute approximate surface area is 178 Å². The number of anilines is 1. The average Bonchev–Trinajstić information content (AvgIpc) is 3.45. The van der Waals surface area contributed by atoms with E-state index in [2.05, 4.69) is 4.98 Å². The van der Waals surface area contributed by atoms with Crippen LogP contribution >= 0.6 is 11.3 Å². The summed E-state index contributed by atoms with van der Waals surface area (Å²) in [6.45, 7) is 1.28. The molecule has 0 saturated heterocycles. The van der Waals surface area contributed by atoms with Gasteiger partial charge in [0, 0.05) is 31.0 Å². The molecule has 0 unspecified atom stereocenters. The maximum absolute atomic E-state index is 13.4. The lowest BCUT2D eigenvalue weighted by atomic mass is 10.2. The number of nitrogens with zero attached hydrogens (tertiary/aromatic N) is 4. The van der Waals surface area contributed by atoms with Crippen LogP contribution in [0, 0.1) is 0 Å². The van der Waals surface area contributed by atoms with Gasteiger partial charge in [-0.3, -0.25) is 9.69 Å². The number of carbonyl (C=O) groups is 1. The third-order valence-corrected chi connectivity index (χ3v) is 5.78. The fourth-order valence-electron chi connectivity index (χ4n) is 3.22. The molecule has 0 fully saturated rings. The zero-order valence-corrected chi connectivity index (χ0v) is 17.6. The molecule has 0 aliphatic heterocycles. The number of rotatable bonds is 8. The Hall–Kier alpha value is -3.39. The highest BCUT2D eigenvalue weighted by molar-refractivity contribution is 7.22. The monoisotopic (exact) mass is 422 g/mol. The second-order valence-corrected chi connectivity index (χ2v) is 7.66. The predicted octanol–water partition coefficient (Wildman–Crippen LogP) is 4.25. The SMILES string of the molecule is COc1cccc(C(=O)N(CCCn2ccnc2)c2nc3c(OC)cccc3s2)c1. The number of amides is 1. The Kier molecular flexibility index (Phi) is 5.94. The van der Waals surface area contributed by atoms with Crippen LogP contribution in [-0.2, 0) is 6.54 Å². The number of fused-ring (bicyclic) bond motifs is 1. The highest BCUT2D eigenvalue weighted by Crippen LogP contribution is 2.34. The first-order valence-corrected chi connectivity index (χ1v) is 10.4. The van der Waals surface area contributed by atoms with Gasteiger partial charge in [-0.15, -0.1) is 0 Å². The first-order valence-electron chi connectivity index (χ1n) is 9.55. The smallest absolute Gasteiger partial charge is 0.260 e. The van der Waals surface area contributed by atoms with Gasteiger partial charge in [-0.05, 0) is 36.8 Å². The zero-order valence-electron chi connectivity index (χ0n) is 16.8. The minimum absolute atomic E-state index is 0.113. The topological polar surface area (TPSA) is 69.5 Å². The first kappa shape index (κ1) is 19.9. The van der Waals surface area contributed by atoms with Crippen molar-refractivity contribution in [2.45, 2.75) is 13.0 Å². The fourth-order valence-corrected chi connectivity index (χ4v) is 4.23. The maximum atomic E-state index is 13.4. The molecule has 0 bridgehead atoms. The van der Waals surface area contributed by atoms with E-state index in [0.29, 0.717) is 28.7 Å². The van der Waals surface area contributed by atoms with Crippen molar-refractivity contribution in [3.8, 4) is 11.5 Å². The van der Waals surface area contributed by atoms with E-state index in [0.717, 1.165) is 23.2 Å². The van der Waals surface area contributed by atoms with Crippen LogP contribution in [0.25, 0.3) is 10.2 Å². The molecular formula is C22H22N4O3S. The lowest BCUT2D eigenvalue weighted by Gasteiger charge is -2.20. The van der Waals surface area contributed by atoms with Crippen molar-refractivity contribution in [1.29, 1.82) is 0 Å². The van der Waals surface area contributed by atoms with Crippen LogP contribution in [0.3, 0.4) is 0 Å². The Morgan fingerprint density at radius 1 is 1.17 bits per heavy atom. The minimum Gasteiger partial charge on any atom is -0.497 e. The summed E-state index contributed by atoms with van der Waals surface area (Å²) in [5.74, 6) is 1.23. The first-order chi connectivity index (χ1) is 14.7. The largest absolute Gasteiger partial charge is 0.497 e. The van der Waals surface area contributed by atoms with E-state index in [-0.39, 0.29) is 5.91 Å². The van der Waals surface area contributed by atoms with E-state index in [1.807, 2.05) is 41.1 Å². The van der Waals surface area contributed by atoms with Crippen molar-refractivity contribution < 1.29 is 14.3 Å². The molecule has 1 amide bonds. The summed E-state index contributed by atoms with van der Waals surface area (Å²) in [6, 6.07) is 13.0. The highest BCUT2D eigenvalue weighted by atomic mass is 32.1. The summed E-state index contributed by atoms with van der Waals surface area (Å²) in [4.78, 5) is 24.0. The molecule has 0 atom stereocenters. The summed E-state index contributed by atoms with van der Waals surface area (Å²) in [5.41, 5.74) is 1.32. The molecule has 0 N–H and O–H groups in total. The molecule has 4 rings (SSSR count). The fraction of sp³-hybridized carbons (Fsp3) is 0.227. The number of methoxy groups -OCH3 is 2. The normalized spacial score (nSPS) is 10.9. The van der Waals surface area contributed by atoms with Crippen LogP contribution < -0.4 is 14.4 Å². The molecule has 8 heteroatoms. The molecule has 154 valence electrons. The molecule has 4 aromatic rings. The van der Waals surface area contributed by atoms with Crippen molar-refractivity contribution in [3.05, 3.63) is 66.7 Å². The van der Waals surface area contributed by atoms with Crippen LogP contribution in [0.4, 0.5) is 5.13 Å². The number of ether oxygens (including phenoxy) is 2. The second-order valence-electron chi connectivity index (χ2n) is 6.65. The average molecular weight is 423 g/mol. The van der Waals surface area contributed by atoms with Gasteiger partial charge in [0.2, 0.25) is 0 Å².